The molecular weight excluding hydrogens is 394 g/mol. The highest BCUT2D eigenvalue weighted by Crippen LogP contribution is 2.59. The molecule has 1 N–H and O–H groups in total. The van der Waals surface area contributed by atoms with E-state index in [2.05, 4.69) is 51.6 Å². The van der Waals surface area contributed by atoms with E-state index >= 15 is 0 Å². The van der Waals surface area contributed by atoms with Crippen molar-refractivity contribution in [2.75, 3.05) is 43.6 Å². The molecule has 0 unspecified atom stereocenters. The third kappa shape index (κ3) is 4.00. The van der Waals surface area contributed by atoms with E-state index in [1.807, 2.05) is 37.1 Å². The molecule has 7 heteroatoms. The Bertz CT molecular complexity index is 1000. The second-order valence-electron chi connectivity index (χ2n) is 7.63. The van der Waals surface area contributed by atoms with Crippen molar-refractivity contribution in [2.45, 2.75) is 22.6 Å². The van der Waals surface area contributed by atoms with Crippen molar-refractivity contribution >= 4 is 23.3 Å². The topological polar surface area (TPSA) is 63.2 Å². The zero-order valence-electron chi connectivity index (χ0n) is 17.0. The van der Waals surface area contributed by atoms with Crippen LogP contribution in [0.2, 0.25) is 0 Å². The van der Waals surface area contributed by atoms with Crippen LogP contribution in [-0.2, 0) is 9.48 Å². The van der Waals surface area contributed by atoms with Crippen LogP contribution in [0.1, 0.15) is 18.5 Å². The van der Waals surface area contributed by atoms with E-state index in [0.717, 1.165) is 72.8 Å². The normalized spacial score (nSPS) is 17.6. The van der Waals surface area contributed by atoms with E-state index in [1.54, 1.807) is 0 Å². The van der Waals surface area contributed by atoms with Crippen LogP contribution in [0.25, 0.3) is 11.4 Å². The van der Waals surface area contributed by atoms with Crippen molar-refractivity contribution in [1.82, 2.24) is 15.0 Å². The average Bonchev–Trinajstić information content (AvgIpc) is 3.61. The lowest BCUT2D eigenvalue weighted by atomic mass is 10.1. The van der Waals surface area contributed by atoms with Gasteiger partial charge in [-0.05, 0) is 49.2 Å². The number of rotatable bonds is 6. The molecule has 1 saturated heterocycles. The number of thioether (sulfide) groups is 1. The van der Waals surface area contributed by atoms with Gasteiger partial charge in [0.15, 0.2) is 5.82 Å². The van der Waals surface area contributed by atoms with Crippen LogP contribution in [0, 0.1) is 0 Å². The van der Waals surface area contributed by atoms with E-state index in [9.17, 15) is 0 Å². The first-order chi connectivity index (χ1) is 14.8. The Morgan fingerprint density at radius 3 is 2.50 bits per heavy atom. The van der Waals surface area contributed by atoms with Gasteiger partial charge >= 0.3 is 0 Å². The highest BCUT2D eigenvalue weighted by atomic mass is 32.2. The number of nitrogens with zero attached hydrogens (tertiary/aromatic N) is 4. The number of ether oxygens (including phenoxy) is 1. The SMILES string of the molecule is CNc1ccc(-c2nc(N3CCOCC3)cc(C3(Sc4ccccn4)CC3)n2)cc1. The monoisotopic (exact) mass is 419 g/mol. The van der Waals surface area contributed by atoms with Crippen LogP contribution < -0.4 is 10.2 Å². The Morgan fingerprint density at radius 1 is 1.03 bits per heavy atom. The minimum absolute atomic E-state index is 0.0159. The van der Waals surface area contributed by atoms with Crippen molar-refractivity contribution in [3.63, 3.8) is 0 Å². The van der Waals surface area contributed by atoms with Gasteiger partial charge in [-0.2, -0.15) is 0 Å². The minimum atomic E-state index is -0.0159. The maximum atomic E-state index is 5.55. The zero-order valence-corrected chi connectivity index (χ0v) is 17.9. The van der Waals surface area contributed by atoms with Gasteiger partial charge in [0.05, 0.1) is 28.7 Å². The van der Waals surface area contributed by atoms with Crippen LogP contribution in [0.15, 0.2) is 59.8 Å². The summed E-state index contributed by atoms with van der Waals surface area (Å²) < 4.78 is 5.53. The number of anilines is 2. The number of hydrogen-bond acceptors (Lipinski definition) is 7. The summed E-state index contributed by atoms with van der Waals surface area (Å²) >= 11 is 1.82. The highest BCUT2D eigenvalue weighted by Gasteiger charge is 2.48. The summed E-state index contributed by atoms with van der Waals surface area (Å²) in [6.07, 6.45) is 4.06. The maximum absolute atomic E-state index is 5.55. The Morgan fingerprint density at radius 2 is 1.83 bits per heavy atom. The van der Waals surface area contributed by atoms with Gasteiger partial charge in [0.2, 0.25) is 0 Å². The first kappa shape index (κ1) is 19.3. The lowest BCUT2D eigenvalue weighted by Gasteiger charge is -2.29. The second kappa shape index (κ2) is 8.24. The molecule has 3 heterocycles. The molecule has 2 fully saturated rings. The van der Waals surface area contributed by atoms with E-state index in [0.29, 0.717) is 0 Å². The van der Waals surface area contributed by atoms with Gasteiger partial charge in [0.1, 0.15) is 5.82 Å². The number of hydrogen-bond donors (Lipinski definition) is 1. The summed E-state index contributed by atoms with van der Waals surface area (Å²) in [7, 11) is 1.92. The van der Waals surface area contributed by atoms with Crippen LogP contribution in [0.3, 0.4) is 0 Å². The van der Waals surface area contributed by atoms with Gasteiger partial charge in [-0.15, -0.1) is 0 Å². The van der Waals surface area contributed by atoms with E-state index in [4.69, 9.17) is 14.7 Å². The molecule has 0 spiro atoms. The van der Waals surface area contributed by atoms with Crippen molar-refractivity contribution in [3.05, 3.63) is 60.4 Å². The van der Waals surface area contributed by atoms with Crippen LogP contribution in [0.4, 0.5) is 11.5 Å². The van der Waals surface area contributed by atoms with Gasteiger partial charge in [-0.25, -0.2) is 15.0 Å². The van der Waals surface area contributed by atoms with Gasteiger partial charge < -0.3 is 15.0 Å². The molecule has 2 aromatic heterocycles. The van der Waals surface area contributed by atoms with E-state index < -0.39 is 0 Å². The molecule has 2 aliphatic rings. The maximum Gasteiger partial charge on any atom is 0.161 e. The Kier molecular flexibility index (Phi) is 5.31. The zero-order chi connectivity index (χ0) is 20.4. The molecule has 0 bridgehead atoms. The Labute approximate surface area is 181 Å². The highest BCUT2D eigenvalue weighted by molar-refractivity contribution is 8.00. The molecule has 0 amide bonds. The molecule has 3 aromatic rings. The van der Waals surface area contributed by atoms with Crippen molar-refractivity contribution in [1.29, 1.82) is 0 Å². The first-order valence-electron chi connectivity index (χ1n) is 10.4. The van der Waals surface area contributed by atoms with Crippen LogP contribution in [0.5, 0.6) is 0 Å². The molecule has 1 aliphatic heterocycles. The largest absolute Gasteiger partial charge is 0.388 e. The van der Waals surface area contributed by atoms with Gasteiger partial charge in [0, 0.05) is 43.7 Å². The third-order valence-corrected chi connectivity index (χ3v) is 7.05. The summed E-state index contributed by atoms with van der Waals surface area (Å²) in [5.74, 6) is 1.77. The number of pyridine rings is 1. The summed E-state index contributed by atoms with van der Waals surface area (Å²) in [4.78, 5) is 16.8. The van der Waals surface area contributed by atoms with Crippen molar-refractivity contribution in [2.24, 2.45) is 0 Å². The fourth-order valence-electron chi connectivity index (χ4n) is 3.67. The van der Waals surface area contributed by atoms with E-state index in [1.165, 1.54) is 0 Å². The molecule has 0 radical (unpaired) electrons. The van der Waals surface area contributed by atoms with Gasteiger partial charge in [-0.1, -0.05) is 17.8 Å². The van der Waals surface area contributed by atoms with Crippen molar-refractivity contribution < 1.29 is 4.74 Å². The average molecular weight is 420 g/mol. The van der Waals surface area contributed by atoms with Gasteiger partial charge in [-0.3, -0.25) is 0 Å². The molecule has 30 heavy (non-hydrogen) atoms. The van der Waals surface area contributed by atoms with Crippen LogP contribution >= 0.6 is 11.8 Å². The summed E-state index contributed by atoms with van der Waals surface area (Å²) in [6.45, 7) is 3.18. The summed E-state index contributed by atoms with van der Waals surface area (Å²) in [5, 5.41) is 4.21. The predicted octanol–water partition coefficient (Wildman–Crippen LogP) is 4.20. The van der Waals surface area contributed by atoms with Crippen molar-refractivity contribution in [3.8, 4) is 11.4 Å². The number of benzene rings is 1. The fraction of sp³-hybridized carbons (Fsp3) is 0.348. The fourth-order valence-corrected chi connectivity index (χ4v) is 4.84. The Hall–Kier alpha value is -2.64. The molecule has 1 aliphatic carbocycles. The smallest absolute Gasteiger partial charge is 0.161 e. The van der Waals surface area contributed by atoms with Gasteiger partial charge in [0.25, 0.3) is 0 Å². The lowest BCUT2D eigenvalue weighted by molar-refractivity contribution is 0.122. The quantitative estimate of drug-likeness (QED) is 0.642. The van der Waals surface area contributed by atoms with Crippen LogP contribution in [-0.4, -0.2) is 48.3 Å². The molecular formula is C23H25N5OS. The Balaban J connectivity index is 1.54. The molecule has 1 aromatic carbocycles. The number of morpholine rings is 1. The minimum Gasteiger partial charge on any atom is -0.388 e. The molecule has 1 saturated carbocycles. The molecule has 6 nitrogen and oxygen atoms in total. The van der Waals surface area contributed by atoms with E-state index in [-0.39, 0.29) is 4.75 Å². The molecule has 154 valence electrons. The number of aromatic nitrogens is 3. The number of nitrogens with one attached hydrogen (secondary N) is 1. The summed E-state index contributed by atoms with van der Waals surface area (Å²) in [5.41, 5.74) is 3.21. The third-order valence-electron chi connectivity index (χ3n) is 5.59. The first-order valence-corrected chi connectivity index (χ1v) is 11.2. The molecule has 0 atom stereocenters. The lowest BCUT2D eigenvalue weighted by Crippen LogP contribution is -2.37. The predicted molar refractivity (Wildman–Crippen MR) is 121 cm³/mol. The molecule has 5 rings (SSSR count). The summed E-state index contributed by atoms with van der Waals surface area (Å²) in [6, 6.07) is 16.5. The standard InChI is InChI=1S/C23H25N5OS/c1-24-18-7-5-17(6-8-18)22-26-19(16-20(27-22)28-12-14-29-15-13-28)23(9-10-23)30-21-4-2-3-11-25-21/h2-8,11,16,24H,9-10,12-15H2,1H3. The second-order valence-corrected chi connectivity index (χ2v) is 9.03.